The molecule has 214 valence electrons. The van der Waals surface area contributed by atoms with Crippen molar-refractivity contribution in [3.8, 4) is 11.8 Å². The number of aromatic carboxylic acids is 1. The van der Waals surface area contributed by atoms with Gasteiger partial charge in [-0.2, -0.15) is 0 Å². The Hall–Kier alpha value is -2.51. The molecule has 4 rings (SSSR count). The van der Waals surface area contributed by atoms with Gasteiger partial charge in [0.2, 0.25) is 5.91 Å². The normalized spacial score (nSPS) is 29.0. The first-order chi connectivity index (χ1) is 18.2. The van der Waals surface area contributed by atoms with E-state index in [9.17, 15) is 23.7 Å². The fraction of sp³-hybridized carbons (Fsp3) is 0.655. The summed E-state index contributed by atoms with van der Waals surface area (Å²) < 4.78 is 17.9. The summed E-state index contributed by atoms with van der Waals surface area (Å²) in [5, 5.41) is 10.1. The van der Waals surface area contributed by atoms with Crippen molar-refractivity contribution < 1.29 is 28.4 Å². The third-order valence-electron chi connectivity index (χ3n) is 7.69. The van der Waals surface area contributed by atoms with Crippen LogP contribution in [0.15, 0.2) is 6.07 Å². The van der Waals surface area contributed by atoms with Crippen LogP contribution in [0, 0.1) is 29.1 Å². The molecule has 3 fully saturated rings. The lowest BCUT2D eigenvalue weighted by Gasteiger charge is -2.34. The van der Waals surface area contributed by atoms with E-state index in [0.29, 0.717) is 41.6 Å². The molecular formula is C29H40N2O6S2. The molecule has 0 bridgehead atoms. The summed E-state index contributed by atoms with van der Waals surface area (Å²) in [4.78, 5) is 43.2. The minimum absolute atomic E-state index is 0.0784. The smallest absolute Gasteiger partial charge is 0.410 e. The minimum Gasteiger partial charge on any atom is -0.477 e. The van der Waals surface area contributed by atoms with Gasteiger partial charge in [-0.25, -0.2) is 9.59 Å². The van der Waals surface area contributed by atoms with Gasteiger partial charge >= 0.3 is 12.1 Å². The quantitative estimate of drug-likeness (QED) is 0.403. The zero-order chi connectivity index (χ0) is 28.5. The molecule has 0 radical (unpaired) electrons. The number of hydrogen-bond acceptors (Lipinski definition) is 6. The molecule has 3 atom stereocenters. The molecule has 2 unspecified atom stereocenters. The molecule has 2 amide bonds. The zero-order valence-corrected chi connectivity index (χ0v) is 25.0. The van der Waals surface area contributed by atoms with E-state index in [0.717, 1.165) is 37.0 Å². The zero-order valence-electron chi connectivity index (χ0n) is 23.4. The van der Waals surface area contributed by atoms with Crippen LogP contribution in [-0.4, -0.2) is 74.8 Å². The number of carboxylic acids is 1. The van der Waals surface area contributed by atoms with E-state index >= 15 is 0 Å². The number of carboxylic acid groups (broad SMARTS) is 1. The van der Waals surface area contributed by atoms with E-state index in [-0.39, 0.29) is 40.5 Å². The number of carbonyl (C=O) groups is 3. The van der Waals surface area contributed by atoms with E-state index in [2.05, 4.69) is 24.6 Å². The minimum atomic E-state index is -2.19. The molecule has 1 saturated carbocycles. The van der Waals surface area contributed by atoms with Crippen molar-refractivity contribution in [2.45, 2.75) is 78.4 Å². The highest BCUT2D eigenvalue weighted by atomic mass is 32.2. The number of rotatable bonds is 5. The topological polar surface area (TPSA) is 104 Å². The lowest BCUT2D eigenvalue weighted by Crippen LogP contribution is -2.47. The summed E-state index contributed by atoms with van der Waals surface area (Å²) in [5.41, 5.74) is 0.108. The molecule has 10 heteroatoms. The molecule has 3 heterocycles. The third-order valence-corrected chi connectivity index (χ3v) is 10.7. The first kappa shape index (κ1) is 29.5. The van der Waals surface area contributed by atoms with Gasteiger partial charge in [0.25, 0.3) is 0 Å². The van der Waals surface area contributed by atoms with Crippen LogP contribution in [0.3, 0.4) is 0 Å². The molecule has 1 aromatic rings. The number of anilines is 1. The first-order valence-electron chi connectivity index (χ1n) is 13.7. The Labute approximate surface area is 236 Å². The average molecular weight is 577 g/mol. The van der Waals surface area contributed by atoms with E-state index in [1.54, 1.807) is 15.9 Å². The van der Waals surface area contributed by atoms with Crippen LogP contribution in [0.2, 0.25) is 0 Å². The number of hydrogen-bond donors (Lipinski definition) is 1. The van der Waals surface area contributed by atoms with Crippen LogP contribution < -0.4 is 4.90 Å². The van der Waals surface area contributed by atoms with E-state index in [4.69, 9.17) is 4.74 Å². The Morgan fingerprint density at radius 2 is 1.87 bits per heavy atom. The number of likely N-dealkylation sites (tertiary alicyclic amines) is 1. The van der Waals surface area contributed by atoms with Crippen LogP contribution in [0.4, 0.5) is 10.5 Å². The van der Waals surface area contributed by atoms with Gasteiger partial charge in [-0.05, 0) is 86.7 Å². The van der Waals surface area contributed by atoms with Crippen molar-refractivity contribution in [3.63, 3.8) is 0 Å². The van der Waals surface area contributed by atoms with Crippen molar-refractivity contribution in [1.82, 2.24) is 4.90 Å². The molecule has 0 aromatic carbocycles. The predicted molar refractivity (Wildman–Crippen MR) is 156 cm³/mol. The van der Waals surface area contributed by atoms with Crippen LogP contribution in [-0.2, 0) is 19.1 Å². The fourth-order valence-electron chi connectivity index (χ4n) is 5.50. The Morgan fingerprint density at radius 1 is 1.18 bits per heavy atom. The number of thiophene rings is 1. The molecule has 8 nitrogen and oxygen atoms in total. The Kier molecular flexibility index (Phi) is 8.72. The molecular weight excluding hydrogens is 536 g/mol. The van der Waals surface area contributed by atoms with Gasteiger partial charge in [0, 0.05) is 30.2 Å². The van der Waals surface area contributed by atoms with Gasteiger partial charge in [-0.1, -0.05) is 18.8 Å². The van der Waals surface area contributed by atoms with Gasteiger partial charge in [0.05, 0.1) is 22.4 Å². The highest BCUT2D eigenvalue weighted by Gasteiger charge is 2.40. The van der Waals surface area contributed by atoms with Crippen molar-refractivity contribution in [2.75, 3.05) is 29.5 Å². The standard InChI is InChI=1S/C29H40N2O6S2/c1-19-6-8-20(9-7-19)26(32)31(24-16-23(10-13-29(2,3)4)38-25(24)27(33)34)21-11-14-30(17-21)28(35)37-22-12-15-39(5,36)18-22/h16,19-22H,5-9,11-12,14-15,17-18H2,1-4H3,(H,33,34)/t19?,20?,21-,22?,39?/m0/s1. The highest BCUT2D eigenvalue weighted by molar-refractivity contribution is 8.00. The van der Waals surface area contributed by atoms with Crippen molar-refractivity contribution in [1.29, 1.82) is 0 Å². The van der Waals surface area contributed by atoms with Gasteiger partial charge in [-0.3, -0.25) is 9.00 Å². The first-order valence-corrected chi connectivity index (χ1v) is 16.6. The summed E-state index contributed by atoms with van der Waals surface area (Å²) in [5.74, 6) is 9.92. The molecule has 0 spiro atoms. The van der Waals surface area contributed by atoms with Gasteiger partial charge < -0.3 is 19.6 Å². The van der Waals surface area contributed by atoms with Crippen LogP contribution in [0.1, 0.15) is 80.8 Å². The summed E-state index contributed by atoms with van der Waals surface area (Å²) >= 11 is 1.08. The second-order valence-corrected chi connectivity index (χ2v) is 16.0. The van der Waals surface area contributed by atoms with Crippen LogP contribution in [0.25, 0.3) is 0 Å². The lowest BCUT2D eigenvalue weighted by atomic mass is 9.82. The second-order valence-electron chi connectivity index (χ2n) is 12.3. The molecule has 1 aliphatic carbocycles. The second kappa shape index (κ2) is 11.5. The lowest BCUT2D eigenvalue weighted by molar-refractivity contribution is -0.124. The summed E-state index contributed by atoms with van der Waals surface area (Å²) in [7, 11) is -2.19. The maximum atomic E-state index is 14.0. The van der Waals surface area contributed by atoms with Crippen LogP contribution >= 0.6 is 11.3 Å². The molecule has 39 heavy (non-hydrogen) atoms. The van der Waals surface area contributed by atoms with Crippen LogP contribution in [0.5, 0.6) is 0 Å². The summed E-state index contributed by atoms with van der Waals surface area (Å²) in [6.07, 6.45) is 3.60. The maximum Gasteiger partial charge on any atom is 0.410 e. The predicted octanol–water partition coefficient (Wildman–Crippen LogP) is 4.70. The van der Waals surface area contributed by atoms with Crippen molar-refractivity contribution in [3.05, 3.63) is 15.8 Å². The highest BCUT2D eigenvalue weighted by Crippen LogP contribution is 2.38. The van der Waals surface area contributed by atoms with E-state index in [1.807, 2.05) is 20.8 Å². The van der Waals surface area contributed by atoms with Gasteiger partial charge in [0.15, 0.2) is 0 Å². The number of amides is 2. The molecule has 1 aromatic heterocycles. The maximum absolute atomic E-state index is 14.0. The Bertz CT molecular complexity index is 1270. The largest absolute Gasteiger partial charge is 0.477 e. The van der Waals surface area contributed by atoms with Gasteiger partial charge in [-0.15, -0.1) is 11.3 Å². The molecule has 2 saturated heterocycles. The van der Waals surface area contributed by atoms with E-state index in [1.165, 1.54) is 0 Å². The Balaban J connectivity index is 1.61. The summed E-state index contributed by atoms with van der Waals surface area (Å²) in [6.45, 7) is 8.79. The third kappa shape index (κ3) is 7.37. The fourth-order valence-corrected chi connectivity index (χ4v) is 8.12. The Morgan fingerprint density at radius 3 is 2.46 bits per heavy atom. The summed E-state index contributed by atoms with van der Waals surface area (Å²) in [6, 6.07) is 1.35. The number of ether oxygens (including phenoxy) is 1. The number of carbonyl (C=O) groups excluding carboxylic acids is 2. The van der Waals surface area contributed by atoms with Gasteiger partial charge in [0.1, 0.15) is 11.0 Å². The average Bonchev–Trinajstić information content (AvgIpc) is 3.57. The molecule has 2 aliphatic heterocycles. The monoisotopic (exact) mass is 576 g/mol. The molecule has 3 aliphatic rings. The molecule has 1 N–H and O–H groups in total. The SMILES string of the molecule is C=S1(=O)CCC(OC(=O)N2CC[C@H](N(C(=O)C3CCC(C)CC3)c3cc(C#CC(C)(C)C)sc3C(=O)O)C2)C1. The van der Waals surface area contributed by atoms with Crippen molar-refractivity contribution in [2.24, 2.45) is 17.3 Å². The van der Waals surface area contributed by atoms with E-state index < -0.39 is 27.7 Å². The number of nitrogens with zero attached hydrogens (tertiary/aromatic N) is 2. The van der Waals surface area contributed by atoms with Crippen molar-refractivity contribution >= 4 is 50.4 Å².